The van der Waals surface area contributed by atoms with E-state index in [1.165, 1.54) is 6.20 Å². The summed E-state index contributed by atoms with van der Waals surface area (Å²) in [4.78, 5) is 10.5. The maximum absolute atomic E-state index is 6.23. The van der Waals surface area contributed by atoms with Crippen molar-refractivity contribution in [3.63, 3.8) is 0 Å². The molecule has 1 aliphatic heterocycles. The summed E-state index contributed by atoms with van der Waals surface area (Å²) in [6.45, 7) is 2.05. The lowest BCUT2D eigenvalue weighted by molar-refractivity contribution is 0.0396. The van der Waals surface area contributed by atoms with Gasteiger partial charge in [-0.2, -0.15) is 0 Å². The number of hydrogen-bond donors (Lipinski definition) is 0. The van der Waals surface area contributed by atoms with E-state index in [1.807, 2.05) is 24.3 Å². The van der Waals surface area contributed by atoms with Crippen molar-refractivity contribution in [3.05, 3.63) is 52.4 Å². The molecule has 1 fully saturated rings. The molecular weight excluding hydrogens is 297 g/mol. The third-order valence-corrected chi connectivity index (χ3v) is 3.76. The summed E-state index contributed by atoms with van der Waals surface area (Å²) in [6.07, 6.45) is 3.16. The molecule has 20 heavy (non-hydrogen) atoms. The van der Waals surface area contributed by atoms with E-state index in [4.69, 9.17) is 27.9 Å². The Morgan fingerprint density at radius 1 is 1.20 bits per heavy atom. The van der Waals surface area contributed by atoms with E-state index in [-0.39, 0.29) is 6.10 Å². The average molecular weight is 310 g/mol. The summed E-state index contributed by atoms with van der Waals surface area (Å²) >= 11 is 12.1. The fourth-order valence-electron chi connectivity index (χ4n) is 2.27. The largest absolute Gasteiger partial charge is 0.370 e. The number of ether oxygens (including phenoxy) is 1. The first-order valence-electron chi connectivity index (χ1n) is 6.32. The van der Waals surface area contributed by atoms with Crippen molar-refractivity contribution in [3.8, 4) is 0 Å². The Morgan fingerprint density at radius 2 is 2.05 bits per heavy atom. The highest BCUT2D eigenvalue weighted by Crippen LogP contribution is 2.29. The Kier molecular flexibility index (Phi) is 4.05. The van der Waals surface area contributed by atoms with Gasteiger partial charge in [-0.15, -0.1) is 0 Å². The number of rotatable bonds is 2. The van der Waals surface area contributed by atoms with Crippen LogP contribution in [-0.2, 0) is 4.74 Å². The Bertz CT molecular complexity index is 608. The van der Waals surface area contributed by atoms with Crippen LogP contribution >= 0.6 is 23.2 Å². The molecule has 0 saturated carbocycles. The fraction of sp³-hybridized carbons (Fsp3) is 0.286. The fourth-order valence-corrected chi connectivity index (χ4v) is 2.67. The molecular formula is C14H13Cl2N3O. The number of benzene rings is 1. The number of hydrogen-bond acceptors (Lipinski definition) is 4. The molecule has 0 aliphatic carbocycles. The molecule has 0 N–H and O–H groups in total. The molecule has 0 spiro atoms. The molecule has 2 heterocycles. The third-order valence-electron chi connectivity index (χ3n) is 3.23. The average Bonchev–Trinajstić information content (AvgIpc) is 2.48. The predicted molar refractivity (Wildman–Crippen MR) is 79.4 cm³/mol. The SMILES string of the molecule is Clc1cncc(N2CCOC(c3ccccc3Cl)C2)n1. The monoisotopic (exact) mass is 309 g/mol. The van der Waals surface area contributed by atoms with Crippen LogP contribution in [0.3, 0.4) is 0 Å². The van der Waals surface area contributed by atoms with Crippen LogP contribution in [0.15, 0.2) is 36.7 Å². The molecule has 2 aromatic rings. The van der Waals surface area contributed by atoms with E-state index >= 15 is 0 Å². The van der Waals surface area contributed by atoms with Crippen LogP contribution in [0.5, 0.6) is 0 Å². The molecule has 3 rings (SSSR count). The quantitative estimate of drug-likeness (QED) is 0.852. The van der Waals surface area contributed by atoms with Crippen LogP contribution in [0.4, 0.5) is 5.82 Å². The lowest BCUT2D eigenvalue weighted by atomic mass is 10.1. The van der Waals surface area contributed by atoms with E-state index < -0.39 is 0 Å². The van der Waals surface area contributed by atoms with Gasteiger partial charge in [0, 0.05) is 23.7 Å². The standard InChI is InChI=1S/C14H13Cl2N3O/c15-11-4-2-1-3-10(11)12-9-19(5-6-20-12)14-8-17-7-13(16)18-14/h1-4,7-8,12H,5-6,9H2. The van der Waals surface area contributed by atoms with Gasteiger partial charge >= 0.3 is 0 Å². The van der Waals surface area contributed by atoms with Crippen LogP contribution in [0.25, 0.3) is 0 Å². The molecule has 1 aromatic heterocycles. The zero-order valence-corrected chi connectivity index (χ0v) is 12.2. The lowest BCUT2D eigenvalue weighted by Crippen LogP contribution is -2.39. The number of morpholine rings is 1. The molecule has 1 aliphatic rings. The summed E-state index contributed by atoms with van der Waals surface area (Å²) in [6, 6.07) is 7.73. The van der Waals surface area contributed by atoms with Gasteiger partial charge in [-0.25, -0.2) is 4.98 Å². The van der Waals surface area contributed by atoms with Crippen molar-refractivity contribution >= 4 is 29.0 Å². The first-order chi connectivity index (χ1) is 9.74. The van der Waals surface area contributed by atoms with Crippen molar-refractivity contribution in [1.82, 2.24) is 9.97 Å². The Hall–Kier alpha value is -1.36. The molecule has 1 aromatic carbocycles. The van der Waals surface area contributed by atoms with Gasteiger partial charge in [0.1, 0.15) is 17.1 Å². The molecule has 0 amide bonds. The minimum atomic E-state index is -0.0711. The van der Waals surface area contributed by atoms with Gasteiger partial charge in [0.05, 0.1) is 19.0 Å². The summed E-state index contributed by atoms with van der Waals surface area (Å²) in [7, 11) is 0. The molecule has 4 nitrogen and oxygen atoms in total. The van der Waals surface area contributed by atoms with Gasteiger partial charge < -0.3 is 9.64 Å². The van der Waals surface area contributed by atoms with Gasteiger partial charge in [-0.3, -0.25) is 4.98 Å². The van der Waals surface area contributed by atoms with E-state index in [0.717, 1.165) is 22.9 Å². The summed E-state index contributed by atoms with van der Waals surface area (Å²) in [5.41, 5.74) is 0.994. The molecule has 0 bridgehead atoms. The zero-order valence-electron chi connectivity index (χ0n) is 10.7. The van der Waals surface area contributed by atoms with E-state index in [9.17, 15) is 0 Å². The number of aromatic nitrogens is 2. The Morgan fingerprint density at radius 3 is 2.85 bits per heavy atom. The van der Waals surface area contributed by atoms with Crippen LogP contribution in [0.1, 0.15) is 11.7 Å². The maximum atomic E-state index is 6.23. The van der Waals surface area contributed by atoms with E-state index in [0.29, 0.717) is 18.3 Å². The number of nitrogens with zero attached hydrogens (tertiary/aromatic N) is 3. The number of anilines is 1. The summed E-state index contributed by atoms with van der Waals surface area (Å²) < 4.78 is 5.82. The Balaban J connectivity index is 1.82. The Labute approximate surface area is 127 Å². The highest BCUT2D eigenvalue weighted by atomic mass is 35.5. The van der Waals surface area contributed by atoms with Gasteiger partial charge in [0.2, 0.25) is 0 Å². The van der Waals surface area contributed by atoms with E-state index in [2.05, 4.69) is 14.9 Å². The van der Waals surface area contributed by atoms with Gasteiger partial charge in [0.25, 0.3) is 0 Å². The molecule has 6 heteroatoms. The smallest absolute Gasteiger partial charge is 0.149 e. The second-order valence-electron chi connectivity index (χ2n) is 4.53. The summed E-state index contributed by atoms with van der Waals surface area (Å²) in [5, 5.41) is 1.11. The molecule has 0 radical (unpaired) electrons. The lowest BCUT2D eigenvalue weighted by Gasteiger charge is -2.34. The summed E-state index contributed by atoms with van der Waals surface area (Å²) in [5.74, 6) is 0.762. The second kappa shape index (κ2) is 5.95. The minimum absolute atomic E-state index is 0.0711. The normalized spacial score (nSPS) is 19.1. The number of halogens is 2. The van der Waals surface area contributed by atoms with Crippen molar-refractivity contribution < 1.29 is 4.74 Å². The third kappa shape index (κ3) is 2.87. The van der Waals surface area contributed by atoms with Crippen molar-refractivity contribution in [2.75, 3.05) is 24.6 Å². The van der Waals surface area contributed by atoms with Crippen LogP contribution in [0.2, 0.25) is 10.2 Å². The predicted octanol–water partition coefficient (Wildman–Crippen LogP) is 3.36. The van der Waals surface area contributed by atoms with Crippen molar-refractivity contribution in [2.24, 2.45) is 0 Å². The van der Waals surface area contributed by atoms with Gasteiger partial charge in [-0.05, 0) is 6.07 Å². The highest BCUT2D eigenvalue weighted by molar-refractivity contribution is 6.31. The van der Waals surface area contributed by atoms with Crippen LogP contribution in [0, 0.1) is 0 Å². The van der Waals surface area contributed by atoms with Crippen molar-refractivity contribution in [1.29, 1.82) is 0 Å². The minimum Gasteiger partial charge on any atom is -0.370 e. The second-order valence-corrected chi connectivity index (χ2v) is 5.32. The topological polar surface area (TPSA) is 38.2 Å². The maximum Gasteiger partial charge on any atom is 0.149 e. The van der Waals surface area contributed by atoms with E-state index in [1.54, 1.807) is 6.20 Å². The van der Waals surface area contributed by atoms with Crippen LogP contribution in [-0.4, -0.2) is 29.7 Å². The molecule has 104 valence electrons. The molecule has 1 saturated heterocycles. The first-order valence-corrected chi connectivity index (χ1v) is 7.08. The first kappa shape index (κ1) is 13.6. The van der Waals surface area contributed by atoms with Crippen LogP contribution < -0.4 is 4.90 Å². The highest BCUT2D eigenvalue weighted by Gasteiger charge is 2.24. The van der Waals surface area contributed by atoms with Crippen molar-refractivity contribution in [2.45, 2.75) is 6.10 Å². The van der Waals surface area contributed by atoms with Gasteiger partial charge in [-0.1, -0.05) is 41.4 Å². The molecule has 1 atom stereocenters. The van der Waals surface area contributed by atoms with Gasteiger partial charge in [0.15, 0.2) is 0 Å². The zero-order chi connectivity index (χ0) is 13.9. The molecule has 1 unspecified atom stereocenters.